The minimum Gasteiger partial charge on any atom is -0.493 e. The van der Waals surface area contributed by atoms with Gasteiger partial charge in [0.1, 0.15) is 5.58 Å². The first-order chi connectivity index (χ1) is 16.8. The third kappa shape index (κ3) is 4.91. The van der Waals surface area contributed by atoms with E-state index in [1.165, 1.54) is 0 Å². The molecule has 0 N–H and O–H groups in total. The van der Waals surface area contributed by atoms with Gasteiger partial charge in [0.05, 0.1) is 30.7 Å². The quantitative estimate of drug-likeness (QED) is 0.390. The summed E-state index contributed by atoms with van der Waals surface area (Å²) in [6, 6.07) is 10.5. The lowest BCUT2D eigenvalue weighted by molar-refractivity contribution is 0.0716. The van der Waals surface area contributed by atoms with E-state index < -0.39 is 6.04 Å². The lowest BCUT2D eigenvalue weighted by Crippen LogP contribution is -2.35. The van der Waals surface area contributed by atoms with Crippen LogP contribution < -0.4 is 14.9 Å². The number of rotatable bonds is 10. The Hall–Kier alpha value is -3.32. The van der Waals surface area contributed by atoms with Gasteiger partial charge in [-0.2, -0.15) is 0 Å². The molecular formula is C28H34N2O5. The van der Waals surface area contributed by atoms with E-state index in [1.807, 2.05) is 56.3 Å². The van der Waals surface area contributed by atoms with Crippen molar-refractivity contribution < 1.29 is 18.7 Å². The van der Waals surface area contributed by atoms with Gasteiger partial charge in [0.2, 0.25) is 5.76 Å². The van der Waals surface area contributed by atoms with Crippen molar-refractivity contribution in [1.29, 1.82) is 0 Å². The maximum atomic E-state index is 13.7. The second-order valence-corrected chi connectivity index (χ2v) is 9.34. The lowest BCUT2D eigenvalue weighted by Gasteiger charge is -2.27. The van der Waals surface area contributed by atoms with Gasteiger partial charge in [-0.05, 0) is 57.3 Å². The molecule has 2 aromatic carbocycles. The molecule has 2 heterocycles. The summed E-state index contributed by atoms with van der Waals surface area (Å²) in [5, 5.41) is 0.485. The minimum absolute atomic E-state index is 0.119. The molecule has 1 aliphatic rings. The van der Waals surface area contributed by atoms with Crippen molar-refractivity contribution in [2.75, 3.05) is 40.9 Å². The van der Waals surface area contributed by atoms with E-state index in [-0.39, 0.29) is 17.1 Å². The predicted molar refractivity (Wildman–Crippen MR) is 137 cm³/mol. The van der Waals surface area contributed by atoms with Gasteiger partial charge < -0.3 is 23.7 Å². The number of benzene rings is 2. The Bertz CT molecular complexity index is 1280. The number of hydrogen-bond acceptors (Lipinski definition) is 6. The van der Waals surface area contributed by atoms with Crippen molar-refractivity contribution in [3.8, 4) is 11.5 Å². The smallest absolute Gasteiger partial charge is 0.290 e. The summed E-state index contributed by atoms with van der Waals surface area (Å²) < 4.78 is 17.6. The fraction of sp³-hybridized carbons (Fsp3) is 0.429. The number of hydrogen-bond donors (Lipinski definition) is 0. The Morgan fingerprint density at radius 3 is 2.57 bits per heavy atom. The zero-order valence-corrected chi connectivity index (χ0v) is 21.2. The molecule has 1 aliphatic heterocycles. The van der Waals surface area contributed by atoms with E-state index in [0.717, 1.165) is 30.4 Å². The van der Waals surface area contributed by atoms with Gasteiger partial charge in [0.15, 0.2) is 16.9 Å². The van der Waals surface area contributed by atoms with E-state index in [9.17, 15) is 9.59 Å². The van der Waals surface area contributed by atoms with Crippen molar-refractivity contribution in [3.05, 3.63) is 69.1 Å². The second kappa shape index (κ2) is 10.5. The van der Waals surface area contributed by atoms with Crippen LogP contribution in [0, 0.1) is 6.92 Å². The predicted octanol–water partition coefficient (Wildman–Crippen LogP) is 4.79. The molecule has 1 amide bonds. The molecule has 7 heteroatoms. The number of carbonyl (C=O) groups is 1. The fourth-order valence-electron chi connectivity index (χ4n) is 4.53. The van der Waals surface area contributed by atoms with Crippen molar-refractivity contribution in [2.45, 2.75) is 39.2 Å². The molecule has 0 fully saturated rings. The minimum atomic E-state index is -0.568. The highest BCUT2D eigenvalue weighted by molar-refractivity contribution is 5.99. The molecule has 1 unspecified atom stereocenters. The van der Waals surface area contributed by atoms with Gasteiger partial charge in [-0.3, -0.25) is 9.59 Å². The number of carbonyl (C=O) groups excluding carboxylic acids is 1. The Morgan fingerprint density at radius 2 is 1.86 bits per heavy atom. The molecular weight excluding hydrogens is 444 g/mol. The Kier molecular flexibility index (Phi) is 7.45. The molecule has 3 aromatic rings. The zero-order chi connectivity index (χ0) is 25.1. The number of likely N-dealkylation sites (N-methyl/N-ethyl adjacent to an activating group) is 1. The standard InChI is InChI=1S/C28H34N2O5/c1-6-7-8-15-34-22-12-10-19(17-23(22)33-5)25-24-26(31)20-16-18(2)9-11-21(20)35-27(24)28(32)30(25)14-13-29(3)4/h9-12,16-17,25H,6-8,13-15H2,1-5H3. The largest absolute Gasteiger partial charge is 0.493 e. The number of amides is 1. The number of fused-ring (bicyclic) bond motifs is 2. The Morgan fingerprint density at radius 1 is 1.06 bits per heavy atom. The third-order valence-electron chi connectivity index (χ3n) is 6.42. The summed E-state index contributed by atoms with van der Waals surface area (Å²) in [5.74, 6) is 1.07. The maximum absolute atomic E-state index is 13.7. The summed E-state index contributed by atoms with van der Waals surface area (Å²) in [4.78, 5) is 30.9. The van der Waals surface area contributed by atoms with Crippen molar-refractivity contribution in [1.82, 2.24) is 9.80 Å². The summed E-state index contributed by atoms with van der Waals surface area (Å²) in [7, 11) is 5.51. The average Bonchev–Trinajstić information content (AvgIpc) is 3.12. The summed E-state index contributed by atoms with van der Waals surface area (Å²) in [6.45, 7) is 5.80. The molecule has 186 valence electrons. The van der Waals surface area contributed by atoms with Crippen LogP contribution in [-0.4, -0.2) is 56.6 Å². The van der Waals surface area contributed by atoms with Gasteiger partial charge in [-0.25, -0.2) is 0 Å². The van der Waals surface area contributed by atoms with Crippen LogP contribution in [0.2, 0.25) is 0 Å². The summed E-state index contributed by atoms with van der Waals surface area (Å²) in [5.41, 5.74) is 2.38. The van der Waals surface area contributed by atoms with Crippen molar-refractivity contribution in [2.24, 2.45) is 0 Å². The molecule has 1 aromatic heterocycles. The summed E-state index contributed by atoms with van der Waals surface area (Å²) in [6.07, 6.45) is 3.19. The van der Waals surface area contributed by atoms with Crippen LogP contribution in [-0.2, 0) is 0 Å². The van der Waals surface area contributed by atoms with E-state index in [0.29, 0.717) is 47.7 Å². The van der Waals surface area contributed by atoms with Crippen LogP contribution in [0.15, 0.2) is 45.6 Å². The third-order valence-corrected chi connectivity index (χ3v) is 6.42. The Labute approximate surface area is 206 Å². The van der Waals surface area contributed by atoms with Gasteiger partial charge >= 0.3 is 0 Å². The monoisotopic (exact) mass is 478 g/mol. The highest BCUT2D eigenvalue weighted by atomic mass is 16.5. The van der Waals surface area contributed by atoms with Crippen LogP contribution in [0.4, 0.5) is 0 Å². The molecule has 0 spiro atoms. The summed E-state index contributed by atoms with van der Waals surface area (Å²) >= 11 is 0. The molecule has 7 nitrogen and oxygen atoms in total. The van der Waals surface area contributed by atoms with E-state index in [4.69, 9.17) is 13.9 Å². The SMILES string of the molecule is CCCCCOc1ccc(C2c3c(oc4ccc(C)cc4c3=O)C(=O)N2CCN(C)C)cc1OC. The van der Waals surface area contributed by atoms with E-state index >= 15 is 0 Å². The highest BCUT2D eigenvalue weighted by Gasteiger charge is 2.42. The van der Waals surface area contributed by atoms with Crippen LogP contribution >= 0.6 is 0 Å². The van der Waals surface area contributed by atoms with Crippen LogP contribution in [0.3, 0.4) is 0 Å². The maximum Gasteiger partial charge on any atom is 0.290 e. The second-order valence-electron chi connectivity index (χ2n) is 9.34. The van der Waals surface area contributed by atoms with E-state index in [1.54, 1.807) is 18.1 Å². The average molecular weight is 479 g/mol. The molecule has 0 saturated heterocycles. The lowest BCUT2D eigenvalue weighted by atomic mass is 9.97. The molecule has 4 rings (SSSR count). The van der Waals surface area contributed by atoms with E-state index in [2.05, 4.69) is 6.92 Å². The molecule has 1 atom stereocenters. The normalized spacial score (nSPS) is 15.2. The fourth-order valence-corrected chi connectivity index (χ4v) is 4.53. The molecule has 0 saturated carbocycles. The topological polar surface area (TPSA) is 72.2 Å². The zero-order valence-electron chi connectivity index (χ0n) is 21.2. The highest BCUT2D eigenvalue weighted by Crippen LogP contribution is 2.41. The van der Waals surface area contributed by atoms with Gasteiger partial charge in [-0.1, -0.05) is 37.5 Å². The van der Waals surface area contributed by atoms with Gasteiger partial charge in [0, 0.05) is 13.1 Å². The number of unbranched alkanes of at least 4 members (excludes halogenated alkanes) is 2. The number of methoxy groups -OCH3 is 1. The van der Waals surface area contributed by atoms with Crippen molar-refractivity contribution >= 4 is 16.9 Å². The van der Waals surface area contributed by atoms with Crippen LogP contribution in [0.5, 0.6) is 11.5 Å². The first kappa shape index (κ1) is 24.8. The molecule has 0 radical (unpaired) electrons. The number of ether oxygens (including phenoxy) is 2. The van der Waals surface area contributed by atoms with Crippen LogP contribution in [0.1, 0.15) is 59.5 Å². The number of aryl methyl sites for hydroxylation is 1. The van der Waals surface area contributed by atoms with Gasteiger partial charge in [-0.15, -0.1) is 0 Å². The van der Waals surface area contributed by atoms with Crippen LogP contribution in [0.25, 0.3) is 11.0 Å². The van der Waals surface area contributed by atoms with Gasteiger partial charge in [0.25, 0.3) is 5.91 Å². The first-order valence-corrected chi connectivity index (χ1v) is 12.2. The molecule has 35 heavy (non-hydrogen) atoms. The van der Waals surface area contributed by atoms with Crippen molar-refractivity contribution in [3.63, 3.8) is 0 Å². The molecule has 0 bridgehead atoms. The number of nitrogens with zero attached hydrogens (tertiary/aromatic N) is 2. The Balaban J connectivity index is 1.81. The first-order valence-electron chi connectivity index (χ1n) is 12.2. The molecule has 0 aliphatic carbocycles.